The van der Waals surface area contributed by atoms with Crippen LogP contribution in [0.4, 0.5) is 18.9 Å². The standard InChI is InChI=1S/C24H21F3N2O3/c25-24(26,27)18-7-4-6-17(14-18)20-10-11-21(32-20)23(31)28-19-8-3-5-16(13-19)15-29-12-2-1-9-22(29)30/h3-8,10-11,13-14H,1-2,9,12,15H2,(H,28,31). The highest BCUT2D eigenvalue weighted by Crippen LogP contribution is 2.32. The second-order valence-electron chi connectivity index (χ2n) is 7.67. The van der Waals surface area contributed by atoms with Crippen molar-refractivity contribution in [1.29, 1.82) is 0 Å². The van der Waals surface area contributed by atoms with E-state index in [4.69, 9.17) is 4.42 Å². The van der Waals surface area contributed by atoms with Crippen LogP contribution in [0, 0.1) is 0 Å². The van der Waals surface area contributed by atoms with Gasteiger partial charge in [-0.3, -0.25) is 9.59 Å². The number of anilines is 1. The maximum absolute atomic E-state index is 12.9. The SMILES string of the molecule is O=C(Nc1cccc(CN2CCCCC2=O)c1)c1ccc(-c2cccc(C(F)(F)F)c2)o1. The fourth-order valence-electron chi connectivity index (χ4n) is 3.65. The minimum absolute atomic E-state index is 0.0194. The van der Waals surface area contributed by atoms with Gasteiger partial charge in [-0.15, -0.1) is 0 Å². The van der Waals surface area contributed by atoms with E-state index in [1.807, 2.05) is 6.07 Å². The molecule has 1 aliphatic rings. The quantitative estimate of drug-likeness (QED) is 0.549. The van der Waals surface area contributed by atoms with Crippen LogP contribution in [0.2, 0.25) is 0 Å². The molecule has 0 aliphatic carbocycles. The van der Waals surface area contributed by atoms with Crippen molar-refractivity contribution in [2.75, 3.05) is 11.9 Å². The molecule has 0 spiro atoms. The molecule has 2 amide bonds. The molecule has 1 aromatic heterocycles. The van der Waals surface area contributed by atoms with Crippen molar-refractivity contribution in [3.8, 4) is 11.3 Å². The molecule has 0 bridgehead atoms. The molecular formula is C24H21F3N2O3. The summed E-state index contributed by atoms with van der Waals surface area (Å²) in [6.45, 7) is 1.20. The summed E-state index contributed by atoms with van der Waals surface area (Å²) in [5.74, 6) is -0.245. The first kappa shape index (κ1) is 21.7. The molecule has 166 valence electrons. The van der Waals surface area contributed by atoms with Gasteiger partial charge in [0.2, 0.25) is 5.91 Å². The molecule has 4 rings (SSSR count). The molecule has 1 aliphatic heterocycles. The number of benzene rings is 2. The Balaban J connectivity index is 1.45. The predicted molar refractivity (Wildman–Crippen MR) is 113 cm³/mol. The number of hydrogen-bond acceptors (Lipinski definition) is 3. The summed E-state index contributed by atoms with van der Waals surface area (Å²) < 4.78 is 44.3. The highest BCUT2D eigenvalue weighted by atomic mass is 19.4. The lowest BCUT2D eigenvalue weighted by Gasteiger charge is -2.26. The van der Waals surface area contributed by atoms with Gasteiger partial charge in [-0.05, 0) is 54.8 Å². The van der Waals surface area contributed by atoms with E-state index in [9.17, 15) is 22.8 Å². The molecule has 1 saturated heterocycles. The average Bonchev–Trinajstić information content (AvgIpc) is 3.26. The fourth-order valence-corrected chi connectivity index (χ4v) is 3.65. The summed E-state index contributed by atoms with van der Waals surface area (Å²) in [6, 6.07) is 14.8. The van der Waals surface area contributed by atoms with Gasteiger partial charge in [0, 0.05) is 30.8 Å². The van der Waals surface area contributed by atoms with E-state index in [0.29, 0.717) is 18.7 Å². The lowest BCUT2D eigenvalue weighted by molar-refractivity contribution is -0.137. The maximum Gasteiger partial charge on any atom is 0.416 e. The molecular weight excluding hydrogens is 421 g/mol. The first-order valence-electron chi connectivity index (χ1n) is 10.3. The number of rotatable bonds is 5. The van der Waals surface area contributed by atoms with Crippen LogP contribution in [0.1, 0.15) is 40.9 Å². The molecule has 0 unspecified atom stereocenters. The van der Waals surface area contributed by atoms with E-state index in [1.165, 1.54) is 24.3 Å². The normalized spacial score (nSPS) is 14.5. The Bertz CT molecular complexity index is 1140. The molecule has 2 heterocycles. The third kappa shape index (κ3) is 5.01. The first-order chi connectivity index (χ1) is 15.3. The molecule has 0 saturated carbocycles. The second kappa shape index (κ2) is 8.90. The van der Waals surface area contributed by atoms with Crippen LogP contribution in [0.5, 0.6) is 0 Å². The van der Waals surface area contributed by atoms with Gasteiger partial charge in [0.25, 0.3) is 5.91 Å². The number of nitrogens with zero attached hydrogens (tertiary/aromatic N) is 1. The van der Waals surface area contributed by atoms with Crippen molar-refractivity contribution in [3.05, 3.63) is 77.6 Å². The van der Waals surface area contributed by atoms with E-state index in [1.54, 1.807) is 23.1 Å². The van der Waals surface area contributed by atoms with Crippen molar-refractivity contribution < 1.29 is 27.2 Å². The lowest BCUT2D eigenvalue weighted by atomic mass is 10.1. The topological polar surface area (TPSA) is 62.6 Å². The molecule has 8 heteroatoms. The number of carbonyl (C=O) groups is 2. The number of nitrogens with one attached hydrogen (secondary N) is 1. The van der Waals surface area contributed by atoms with E-state index in [-0.39, 0.29) is 23.0 Å². The Kier molecular flexibility index (Phi) is 6.03. The van der Waals surface area contributed by atoms with Crippen molar-refractivity contribution in [1.82, 2.24) is 4.90 Å². The Morgan fingerprint density at radius 1 is 1.03 bits per heavy atom. The van der Waals surface area contributed by atoms with Gasteiger partial charge in [-0.25, -0.2) is 0 Å². The third-order valence-corrected chi connectivity index (χ3v) is 5.28. The fraction of sp³-hybridized carbons (Fsp3) is 0.250. The number of alkyl halides is 3. The van der Waals surface area contributed by atoms with Crippen molar-refractivity contribution in [2.45, 2.75) is 32.0 Å². The maximum atomic E-state index is 12.9. The zero-order valence-electron chi connectivity index (χ0n) is 17.1. The van der Waals surface area contributed by atoms with E-state index in [0.717, 1.165) is 37.1 Å². The number of halogens is 3. The van der Waals surface area contributed by atoms with Crippen LogP contribution in [-0.4, -0.2) is 23.3 Å². The number of piperidine rings is 1. The summed E-state index contributed by atoms with van der Waals surface area (Å²) in [7, 11) is 0. The van der Waals surface area contributed by atoms with Crippen LogP contribution in [0.25, 0.3) is 11.3 Å². The molecule has 1 fully saturated rings. The molecule has 32 heavy (non-hydrogen) atoms. The molecule has 1 N–H and O–H groups in total. The number of likely N-dealkylation sites (tertiary alicyclic amines) is 1. The van der Waals surface area contributed by atoms with Crippen LogP contribution in [0.15, 0.2) is 65.1 Å². The molecule has 5 nitrogen and oxygen atoms in total. The molecule has 0 atom stereocenters. The Morgan fingerprint density at radius 2 is 1.84 bits per heavy atom. The highest BCUT2D eigenvalue weighted by molar-refractivity contribution is 6.02. The highest BCUT2D eigenvalue weighted by Gasteiger charge is 2.30. The molecule has 3 aromatic rings. The Labute approximate surface area is 182 Å². The smallest absolute Gasteiger partial charge is 0.416 e. The Hall–Kier alpha value is -3.55. The van der Waals surface area contributed by atoms with Crippen molar-refractivity contribution in [2.24, 2.45) is 0 Å². The van der Waals surface area contributed by atoms with E-state index >= 15 is 0 Å². The number of hydrogen-bond donors (Lipinski definition) is 1. The van der Waals surface area contributed by atoms with Gasteiger partial charge in [0.05, 0.1) is 5.56 Å². The summed E-state index contributed by atoms with van der Waals surface area (Å²) in [4.78, 5) is 26.4. The van der Waals surface area contributed by atoms with Crippen molar-refractivity contribution in [3.63, 3.8) is 0 Å². The molecule has 0 radical (unpaired) electrons. The summed E-state index contributed by atoms with van der Waals surface area (Å²) >= 11 is 0. The van der Waals surface area contributed by atoms with Gasteiger partial charge >= 0.3 is 6.18 Å². The summed E-state index contributed by atoms with van der Waals surface area (Å²) in [6.07, 6.45) is -2.01. The van der Waals surface area contributed by atoms with Gasteiger partial charge in [-0.1, -0.05) is 24.3 Å². The van der Waals surface area contributed by atoms with E-state index < -0.39 is 17.6 Å². The monoisotopic (exact) mass is 442 g/mol. The number of carbonyl (C=O) groups excluding carboxylic acids is 2. The third-order valence-electron chi connectivity index (χ3n) is 5.28. The average molecular weight is 442 g/mol. The lowest BCUT2D eigenvalue weighted by Crippen LogP contribution is -2.34. The second-order valence-corrected chi connectivity index (χ2v) is 7.67. The summed E-state index contributed by atoms with van der Waals surface area (Å²) in [5.41, 5.74) is 0.865. The van der Waals surface area contributed by atoms with Gasteiger partial charge in [0.1, 0.15) is 5.76 Å². The van der Waals surface area contributed by atoms with E-state index in [2.05, 4.69) is 5.32 Å². The predicted octanol–water partition coefficient (Wildman–Crippen LogP) is 5.73. The Morgan fingerprint density at radius 3 is 2.62 bits per heavy atom. The molecule has 2 aromatic carbocycles. The number of furan rings is 1. The van der Waals surface area contributed by atoms with Gasteiger partial charge in [0.15, 0.2) is 5.76 Å². The van der Waals surface area contributed by atoms with Crippen LogP contribution in [-0.2, 0) is 17.5 Å². The van der Waals surface area contributed by atoms with Crippen LogP contribution < -0.4 is 5.32 Å². The van der Waals surface area contributed by atoms with Crippen LogP contribution in [0.3, 0.4) is 0 Å². The minimum Gasteiger partial charge on any atom is -0.451 e. The minimum atomic E-state index is -4.47. The first-order valence-corrected chi connectivity index (χ1v) is 10.3. The summed E-state index contributed by atoms with van der Waals surface area (Å²) in [5, 5.41) is 2.73. The van der Waals surface area contributed by atoms with Crippen LogP contribution >= 0.6 is 0 Å². The largest absolute Gasteiger partial charge is 0.451 e. The van der Waals surface area contributed by atoms with Crippen molar-refractivity contribution >= 4 is 17.5 Å². The van der Waals surface area contributed by atoms with Gasteiger partial charge < -0.3 is 14.6 Å². The van der Waals surface area contributed by atoms with Gasteiger partial charge in [-0.2, -0.15) is 13.2 Å². The zero-order valence-corrected chi connectivity index (χ0v) is 17.1. The zero-order chi connectivity index (χ0) is 22.7. The number of amides is 2.